The number of benzene rings is 1. The monoisotopic (exact) mass is 398 g/mol. The molecule has 3 aromatic rings. The molecule has 4 rings (SSSR count). The average molecular weight is 399 g/mol. The van der Waals surface area contributed by atoms with Gasteiger partial charge in [-0.1, -0.05) is 17.7 Å². The predicted octanol–water partition coefficient (Wildman–Crippen LogP) is 3.72. The zero-order valence-corrected chi connectivity index (χ0v) is 17.4. The number of nitrogens with one attached hydrogen (secondary N) is 1. The van der Waals surface area contributed by atoms with E-state index in [1.807, 2.05) is 18.2 Å². The van der Waals surface area contributed by atoms with Crippen molar-refractivity contribution in [3.8, 4) is 5.69 Å². The molecule has 0 amide bonds. The molecule has 7 heteroatoms. The lowest BCUT2D eigenvalue weighted by atomic mass is 10.2. The van der Waals surface area contributed by atoms with Crippen molar-refractivity contribution < 1.29 is 0 Å². The molecule has 1 aliphatic heterocycles. The zero-order chi connectivity index (χ0) is 19.7. The third-order valence-corrected chi connectivity index (χ3v) is 5.74. The Balaban J connectivity index is 1.97. The van der Waals surface area contributed by atoms with Crippen LogP contribution >= 0.6 is 11.6 Å². The Labute approximate surface area is 171 Å². The molecule has 28 heavy (non-hydrogen) atoms. The van der Waals surface area contributed by atoms with Gasteiger partial charge in [-0.25, -0.2) is 9.97 Å². The van der Waals surface area contributed by atoms with E-state index in [4.69, 9.17) is 16.6 Å². The Morgan fingerprint density at radius 2 is 2.07 bits per heavy atom. The minimum Gasteiger partial charge on any atom is -0.370 e. The minimum atomic E-state index is 0.380. The molecule has 0 bridgehead atoms. The maximum absolute atomic E-state index is 6.27. The molecule has 148 valence electrons. The van der Waals surface area contributed by atoms with E-state index >= 15 is 0 Å². The molecular weight excluding hydrogens is 372 g/mol. The van der Waals surface area contributed by atoms with E-state index < -0.39 is 0 Å². The van der Waals surface area contributed by atoms with E-state index in [0.29, 0.717) is 11.1 Å². The molecule has 1 atom stereocenters. The number of hydrogen-bond donors (Lipinski definition) is 1. The summed E-state index contributed by atoms with van der Waals surface area (Å²) >= 11 is 6.27. The van der Waals surface area contributed by atoms with Crippen molar-refractivity contribution in [1.82, 2.24) is 19.9 Å². The number of anilines is 2. The standard InChI is InChI=1S/C21H27ClN6/c1-4-26(5-2)18-13-28(17-8-6-7-16(22)11-17)21-19(18)20(24-14-25-21)27-10-9-23-12-15(27)3/h6-8,11,13-15,23H,4-5,9-10,12H2,1-3H3/t15-/m0/s1. The van der Waals surface area contributed by atoms with Crippen LogP contribution in [-0.4, -0.2) is 53.3 Å². The molecule has 0 spiro atoms. The fraction of sp³-hybridized carbons (Fsp3) is 0.429. The molecule has 6 nitrogen and oxygen atoms in total. The Morgan fingerprint density at radius 1 is 1.25 bits per heavy atom. The van der Waals surface area contributed by atoms with Crippen molar-refractivity contribution in [2.45, 2.75) is 26.8 Å². The Kier molecular flexibility index (Phi) is 5.42. The van der Waals surface area contributed by atoms with Gasteiger partial charge in [-0.3, -0.25) is 4.57 Å². The third kappa shape index (κ3) is 3.31. The van der Waals surface area contributed by atoms with E-state index in [-0.39, 0.29) is 0 Å². The van der Waals surface area contributed by atoms with E-state index in [1.165, 1.54) is 5.69 Å². The summed E-state index contributed by atoms with van der Waals surface area (Å²) in [6.45, 7) is 11.3. The normalized spacial score (nSPS) is 17.3. The van der Waals surface area contributed by atoms with Crippen LogP contribution in [0, 0.1) is 0 Å². The van der Waals surface area contributed by atoms with Crippen LogP contribution < -0.4 is 15.1 Å². The molecule has 0 radical (unpaired) electrons. The number of halogens is 1. The summed E-state index contributed by atoms with van der Waals surface area (Å²) < 4.78 is 2.13. The highest BCUT2D eigenvalue weighted by atomic mass is 35.5. The van der Waals surface area contributed by atoms with Crippen LogP contribution in [0.15, 0.2) is 36.8 Å². The van der Waals surface area contributed by atoms with Crippen molar-refractivity contribution in [1.29, 1.82) is 0 Å². The molecular formula is C21H27ClN6. The molecule has 1 saturated heterocycles. The first-order chi connectivity index (χ1) is 13.6. The average Bonchev–Trinajstić information content (AvgIpc) is 3.09. The van der Waals surface area contributed by atoms with Crippen molar-refractivity contribution in [3.63, 3.8) is 0 Å². The summed E-state index contributed by atoms with van der Waals surface area (Å²) in [4.78, 5) is 14.2. The van der Waals surface area contributed by atoms with Crippen LogP contribution in [0.3, 0.4) is 0 Å². The van der Waals surface area contributed by atoms with Gasteiger partial charge in [0.05, 0.1) is 11.1 Å². The first-order valence-corrected chi connectivity index (χ1v) is 10.4. The van der Waals surface area contributed by atoms with Crippen LogP contribution in [0.25, 0.3) is 16.7 Å². The molecule has 1 aliphatic rings. The van der Waals surface area contributed by atoms with Crippen molar-refractivity contribution in [2.75, 3.05) is 42.5 Å². The molecule has 0 saturated carbocycles. The summed E-state index contributed by atoms with van der Waals surface area (Å²) in [6.07, 6.45) is 3.86. The van der Waals surface area contributed by atoms with Gasteiger partial charge >= 0.3 is 0 Å². The Bertz CT molecular complexity index is 965. The highest BCUT2D eigenvalue weighted by Gasteiger charge is 2.26. The smallest absolute Gasteiger partial charge is 0.152 e. The van der Waals surface area contributed by atoms with Gasteiger partial charge < -0.3 is 15.1 Å². The zero-order valence-electron chi connectivity index (χ0n) is 16.7. The van der Waals surface area contributed by atoms with Gasteiger partial charge in [-0.2, -0.15) is 0 Å². The maximum Gasteiger partial charge on any atom is 0.152 e. The number of fused-ring (bicyclic) bond motifs is 1. The summed E-state index contributed by atoms with van der Waals surface area (Å²) in [5.74, 6) is 1.02. The molecule has 1 aromatic carbocycles. The van der Waals surface area contributed by atoms with E-state index in [2.05, 4.69) is 57.7 Å². The fourth-order valence-corrected chi connectivity index (χ4v) is 4.21. The summed E-state index contributed by atoms with van der Waals surface area (Å²) in [5.41, 5.74) is 3.09. The van der Waals surface area contributed by atoms with Gasteiger partial charge in [-0.15, -0.1) is 0 Å². The first kappa shape index (κ1) is 19.0. The Hall–Kier alpha value is -2.31. The second kappa shape index (κ2) is 7.97. The fourth-order valence-electron chi connectivity index (χ4n) is 4.03. The van der Waals surface area contributed by atoms with E-state index in [1.54, 1.807) is 6.33 Å². The molecule has 1 fully saturated rings. The van der Waals surface area contributed by atoms with Gasteiger partial charge in [0.15, 0.2) is 5.65 Å². The molecule has 1 N–H and O–H groups in total. The van der Waals surface area contributed by atoms with Crippen molar-refractivity contribution in [3.05, 3.63) is 41.8 Å². The van der Waals surface area contributed by atoms with Crippen molar-refractivity contribution in [2.24, 2.45) is 0 Å². The predicted molar refractivity (Wildman–Crippen MR) is 117 cm³/mol. The summed E-state index contributed by atoms with van der Waals surface area (Å²) in [6, 6.07) is 8.28. The lowest BCUT2D eigenvalue weighted by molar-refractivity contribution is 0.498. The minimum absolute atomic E-state index is 0.380. The summed E-state index contributed by atoms with van der Waals surface area (Å²) in [7, 11) is 0. The number of piperazine rings is 1. The largest absolute Gasteiger partial charge is 0.370 e. The van der Waals surface area contributed by atoms with Gasteiger partial charge in [0.2, 0.25) is 0 Å². The summed E-state index contributed by atoms with van der Waals surface area (Å²) in [5, 5.41) is 5.29. The number of hydrogen-bond acceptors (Lipinski definition) is 5. The number of rotatable bonds is 5. The van der Waals surface area contributed by atoms with Crippen LogP contribution in [0.4, 0.5) is 11.5 Å². The Morgan fingerprint density at radius 3 is 2.79 bits per heavy atom. The van der Waals surface area contributed by atoms with Gasteiger partial charge in [0, 0.05) is 55.7 Å². The van der Waals surface area contributed by atoms with E-state index in [9.17, 15) is 0 Å². The second-order valence-electron chi connectivity index (χ2n) is 7.18. The maximum atomic E-state index is 6.27. The SMILES string of the molecule is CCN(CC)c1cn(-c2cccc(Cl)c2)c2ncnc(N3CCNC[C@@H]3C)c12. The topological polar surface area (TPSA) is 49.2 Å². The van der Waals surface area contributed by atoms with Gasteiger partial charge in [0.1, 0.15) is 12.1 Å². The first-order valence-electron chi connectivity index (χ1n) is 9.98. The molecule has 0 unspecified atom stereocenters. The van der Waals surface area contributed by atoms with E-state index in [0.717, 1.165) is 55.3 Å². The van der Waals surface area contributed by atoms with Crippen LogP contribution in [-0.2, 0) is 0 Å². The van der Waals surface area contributed by atoms with Crippen LogP contribution in [0.5, 0.6) is 0 Å². The van der Waals surface area contributed by atoms with Crippen LogP contribution in [0.2, 0.25) is 5.02 Å². The lowest BCUT2D eigenvalue weighted by Crippen LogP contribution is -2.50. The number of nitrogens with zero attached hydrogens (tertiary/aromatic N) is 5. The number of aromatic nitrogens is 3. The van der Waals surface area contributed by atoms with Gasteiger partial charge in [0.25, 0.3) is 0 Å². The molecule has 2 aromatic heterocycles. The highest BCUT2D eigenvalue weighted by molar-refractivity contribution is 6.30. The highest BCUT2D eigenvalue weighted by Crippen LogP contribution is 2.37. The molecule has 3 heterocycles. The quantitative estimate of drug-likeness (QED) is 0.709. The lowest BCUT2D eigenvalue weighted by Gasteiger charge is -2.35. The second-order valence-corrected chi connectivity index (χ2v) is 7.62. The molecule has 0 aliphatic carbocycles. The third-order valence-electron chi connectivity index (χ3n) is 5.51. The van der Waals surface area contributed by atoms with Gasteiger partial charge in [-0.05, 0) is 39.0 Å². The van der Waals surface area contributed by atoms with Crippen LogP contribution in [0.1, 0.15) is 20.8 Å². The van der Waals surface area contributed by atoms with Crippen molar-refractivity contribution >= 4 is 34.1 Å².